The van der Waals surface area contributed by atoms with Crippen molar-refractivity contribution in [3.05, 3.63) is 28.2 Å². The zero-order valence-electron chi connectivity index (χ0n) is 11.2. The Balaban J connectivity index is 2.70. The number of halogens is 1. The molecule has 1 aromatic rings. The van der Waals surface area contributed by atoms with Gasteiger partial charge in [0.1, 0.15) is 5.75 Å². The molecule has 0 aliphatic heterocycles. The van der Waals surface area contributed by atoms with E-state index < -0.39 is 0 Å². The van der Waals surface area contributed by atoms with Crippen LogP contribution in [0.25, 0.3) is 0 Å². The molecule has 0 fully saturated rings. The molecule has 1 aromatic carbocycles. The molecular formula is C14H22BrNO2. The molecule has 3 nitrogen and oxygen atoms in total. The van der Waals surface area contributed by atoms with Gasteiger partial charge in [0.25, 0.3) is 0 Å². The van der Waals surface area contributed by atoms with Crippen LogP contribution in [0.4, 0.5) is 0 Å². The third-order valence-corrected chi connectivity index (χ3v) is 3.54. The van der Waals surface area contributed by atoms with E-state index in [1.165, 1.54) is 0 Å². The minimum Gasteiger partial charge on any atom is -0.508 e. The summed E-state index contributed by atoms with van der Waals surface area (Å²) in [6.07, 6.45) is 0.707. The molecule has 3 N–H and O–H groups in total. The Morgan fingerprint density at radius 3 is 2.56 bits per heavy atom. The molecule has 1 atom stereocenters. The van der Waals surface area contributed by atoms with E-state index in [2.05, 4.69) is 42.0 Å². The van der Waals surface area contributed by atoms with Crippen molar-refractivity contribution in [3.8, 4) is 5.75 Å². The molecule has 0 bridgehead atoms. The summed E-state index contributed by atoms with van der Waals surface area (Å²) >= 11 is 3.39. The lowest BCUT2D eigenvalue weighted by molar-refractivity contribution is 0.196. The van der Waals surface area contributed by atoms with E-state index in [1.54, 1.807) is 6.07 Å². The number of hydrogen-bond donors (Lipinski definition) is 3. The maximum Gasteiger partial charge on any atom is 0.120 e. The summed E-state index contributed by atoms with van der Waals surface area (Å²) in [7, 11) is 0. The smallest absolute Gasteiger partial charge is 0.120 e. The first-order valence-electron chi connectivity index (χ1n) is 6.16. The lowest BCUT2D eigenvalue weighted by Crippen LogP contribution is -2.40. The fourth-order valence-electron chi connectivity index (χ4n) is 1.90. The van der Waals surface area contributed by atoms with Gasteiger partial charge in [-0.15, -0.1) is 0 Å². The number of phenols is 1. The first-order valence-corrected chi connectivity index (χ1v) is 6.95. The number of nitrogens with one attached hydrogen (secondary N) is 1. The number of aliphatic hydroxyl groups excluding tert-OH is 1. The highest BCUT2D eigenvalue weighted by molar-refractivity contribution is 9.10. The quantitative estimate of drug-likeness (QED) is 0.782. The first-order chi connectivity index (χ1) is 8.34. The normalized spacial score (nSPS) is 13.6. The van der Waals surface area contributed by atoms with Gasteiger partial charge in [-0.3, -0.25) is 0 Å². The van der Waals surface area contributed by atoms with Gasteiger partial charge >= 0.3 is 0 Å². The number of hydrogen-bond acceptors (Lipinski definition) is 3. The molecule has 0 spiro atoms. The number of benzene rings is 1. The van der Waals surface area contributed by atoms with E-state index in [0.29, 0.717) is 18.7 Å². The Morgan fingerprint density at radius 2 is 2.00 bits per heavy atom. The van der Waals surface area contributed by atoms with Gasteiger partial charge in [-0.2, -0.15) is 0 Å². The number of phenolic OH excluding ortho intramolecular Hbond substituents is 1. The van der Waals surface area contributed by atoms with Crippen LogP contribution in [0.1, 0.15) is 32.8 Å². The van der Waals surface area contributed by atoms with E-state index >= 15 is 0 Å². The fourth-order valence-corrected chi connectivity index (χ4v) is 2.31. The number of aromatic hydroxyl groups is 1. The molecule has 0 radical (unpaired) electrons. The van der Waals surface area contributed by atoms with E-state index in [4.69, 9.17) is 5.11 Å². The second-order valence-electron chi connectivity index (χ2n) is 5.58. The van der Waals surface area contributed by atoms with Crippen LogP contribution in [0.15, 0.2) is 22.7 Å². The highest BCUT2D eigenvalue weighted by Crippen LogP contribution is 2.25. The fraction of sp³-hybridized carbons (Fsp3) is 0.571. The molecular weight excluding hydrogens is 294 g/mol. The molecule has 102 valence electrons. The number of aliphatic hydroxyl groups is 1. The molecule has 0 aromatic heterocycles. The zero-order chi connectivity index (χ0) is 13.8. The van der Waals surface area contributed by atoms with Gasteiger partial charge in [0.15, 0.2) is 0 Å². The van der Waals surface area contributed by atoms with Crippen molar-refractivity contribution in [1.82, 2.24) is 5.32 Å². The Labute approximate surface area is 117 Å². The highest BCUT2D eigenvalue weighted by Gasteiger charge is 2.23. The zero-order valence-corrected chi connectivity index (χ0v) is 12.8. The minimum atomic E-state index is 0.0738. The van der Waals surface area contributed by atoms with Crippen LogP contribution in [0.3, 0.4) is 0 Å². The molecule has 0 amide bonds. The molecule has 0 aliphatic rings. The number of rotatable bonds is 5. The van der Waals surface area contributed by atoms with E-state index in [9.17, 15) is 5.11 Å². The SMILES string of the molecule is CC(C)(C)C(CCO)NCc1cc(Br)ccc1O. The summed E-state index contributed by atoms with van der Waals surface area (Å²) in [5, 5.41) is 22.3. The van der Waals surface area contributed by atoms with Gasteiger partial charge in [0.2, 0.25) is 0 Å². The van der Waals surface area contributed by atoms with Crippen molar-refractivity contribution in [2.45, 2.75) is 39.8 Å². The van der Waals surface area contributed by atoms with Crippen LogP contribution in [0.5, 0.6) is 5.75 Å². The van der Waals surface area contributed by atoms with Gasteiger partial charge in [0.05, 0.1) is 0 Å². The molecule has 0 aliphatic carbocycles. The third kappa shape index (κ3) is 4.59. The van der Waals surface area contributed by atoms with Crippen molar-refractivity contribution in [1.29, 1.82) is 0 Å². The summed E-state index contributed by atoms with van der Waals surface area (Å²) in [4.78, 5) is 0. The van der Waals surface area contributed by atoms with Crippen LogP contribution in [-0.4, -0.2) is 22.9 Å². The molecule has 0 saturated carbocycles. The van der Waals surface area contributed by atoms with E-state index in [-0.39, 0.29) is 18.1 Å². The van der Waals surface area contributed by atoms with Crippen molar-refractivity contribution in [2.24, 2.45) is 5.41 Å². The molecule has 0 saturated heterocycles. The van der Waals surface area contributed by atoms with Gasteiger partial charge in [-0.1, -0.05) is 36.7 Å². The summed E-state index contributed by atoms with van der Waals surface area (Å²) in [6, 6.07) is 5.61. The van der Waals surface area contributed by atoms with Gasteiger partial charge in [-0.25, -0.2) is 0 Å². The predicted molar refractivity (Wildman–Crippen MR) is 77.6 cm³/mol. The van der Waals surface area contributed by atoms with Crippen molar-refractivity contribution in [3.63, 3.8) is 0 Å². The predicted octanol–water partition coefficient (Wildman–Crippen LogP) is 3.04. The van der Waals surface area contributed by atoms with Crippen LogP contribution in [-0.2, 0) is 6.54 Å². The average molecular weight is 316 g/mol. The standard InChI is InChI=1S/C14H22BrNO2/c1-14(2,3)13(6-7-17)16-9-10-8-11(15)4-5-12(10)18/h4-5,8,13,16-18H,6-7,9H2,1-3H3. The minimum absolute atomic E-state index is 0.0738. The van der Waals surface area contributed by atoms with Crippen LogP contribution in [0.2, 0.25) is 0 Å². The molecule has 1 rings (SSSR count). The molecule has 18 heavy (non-hydrogen) atoms. The van der Waals surface area contributed by atoms with Crippen molar-refractivity contribution < 1.29 is 10.2 Å². The Kier molecular flexibility index (Phi) is 5.63. The van der Waals surface area contributed by atoms with E-state index in [0.717, 1.165) is 10.0 Å². The summed E-state index contributed by atoms with van der Waals surface area (Å²) in [5.74, 6) is 0.294. The summed E-state index contributed by atoms with van der Waals surface area (Å²) < 4.78 is 0.951. The monoisotopic (exact) mass is 315 g/mol. The summed E-state index contributed by atoms with van der Waals surface area (Å²) in [5.41, 5.74) is 0.932. The molecule has 0 heterocycles. The van der Waals surface area contributed by atoms with Crippen LogP contribution < -0.4 is 5.32 Å². The Bertz CT molecular complexity index is 388. The third-order valence-electron chi connectivity index (χ3n) is 3.04. The Hall–Kier alpha value is -0.580. The van der Waals surface area contributed by atoms with Crippen LogP contribution >= 0.6 is 15.9 Å². The van der Waals surface area contributed by atoms with E-state index in [1.807, 2.05) is 12.1 Å². The van der Waals surface area contributed by atoms with Crippen molar-refractivity contribution in [2.75, 3.05) is 6.61 Å². The first kappa shape index (κ1) is 15.5. The summed E-state index contributed by atoms with van der Waals surface area (Å²) in [6.45, 7) is 7.18. The highest BCUT2D eigenvalue weighted by atomic mass is 79.9. The lowest BCUT2D eigenvalue weighted by atomic mass is 9.85. The Morgan fingerprint density at radius 1 is 1.33 bits per heavy atom. The topological polar surface area (TPSA) is 52.5 Å². The maximum atomic E-state index is 9.77. The lowest BCUT2D eigenvalue weighted by Gasteiger charge is -2.31. The van der Waals surface area contributed by atoms with Gasteiger partial charge in [-0.05, 0) is 30.0 Å². The molecule has 4 heteroatoms. The second kappa shape index (κ2) is 6.55. The van der Waals surface area contributed by atoms with Crippen molar-refractivity contribution >= 4 is 15.9 Å². The largest absolute Gasteiger partial charge is 0.508 e. The maximum absolute atomic E-state index is 9.77. The van der Waals surface area contributed by atoms with Gasteiger partial charge < -0.3 is 15.5 Å². The second-order valence-corrected chi connectivity index (χ2v) is 6.50. The van der Waals surface area contributed by atoms with Crippen LogP contribution in [0, 0.1) is 5.41 Å². The van der Waals surface area contributed by atoms with Gasteiger partial charge in [0, 0.05) is 29.2 Å². The molecule has 1 unspecified atom stereocenters. The average Bonchev–Trinajstić information content (AvgIpc) is 2.27.